The normalized spacial score (nSPS) is 11.1. The summed E-state index contributed by atoms with van der Waals surface area (Å²) < 4.78 is 11.7. The van der Waals surface area contributed by atoms with Crippen molar-refractivity contribution in [3.05, 3.63) is 122 Å². The number of thioether (sulfide) groups is 1. The van der Waals surface area contributed by atoms with Crippen LogP contribution in [0.1, 0.15) is 0 Å². The number of hydrogen-bond donors (Lipinski definition) is 0. The number of furan rings is 1. The third-order valence-corrected chi connectivity index (χ3v) is 10.7. The smallest absolute Gasteiger partial charge is 0.251 e. The van der Waals surface area contributed by atoms with Crippen LogP contribution in [0.15, 0.2) is 136 Å². The van der Waals surface area contributed by atoms with E-state index in [1.807, 2.05) is 12.1 Å². The molecule has 2 aromatic heterocycles. The predicted molar refractivity (Wildman–Crippen MR) is 155 cm³/mol. The van der Waals surface area contributed by atoms with E-state index < -0.39 is 7.26 Å². The average Bonchev–Trinajstić information content (AvgIpc) is 3.56. The third kappa shape index (κ3) is 4.52. The van der Waals surface area contributed by atoms with Crippen molar-refractivity contribution >= 4 is 64.3 Å². The van der Waals surface area contributed by atoms with Gasteiger partial charge >= 0.3 is 0 Å². The SMILES string of the molecule is C=CCSc1oc(-c2ccoc2)nc1[P+](c1ccccc1)(c1ccccc1)c1ccccc1.I. The van der Waals surface area contributed by atoms with Crippen LogP contribution in [0.2, 0.25) is 0 Å². The fourth-order valence-corrected chi connectivity index (χ4v) is 9.25. The molecule has 6 heteroatoms. The van der Waals surface area contributed by atoms with Crippen LogP contribution in [0.25, 0.3) is 11.5 Å². The van der Waals surface area contributed by atoms with Crippen LogP contribution < -0.4 is 21.3 Å². The van der Waals surface area contributed by atoms with E-state index in [0.717, 1.165) is 21.8 Å². The van der Waals surface area contributed by atoms with E-state index in [1.54, 1.807) is 24.3 Å². The molecule has 170 valence electrons. The fraction of sp³-hybridized carbons (Fsp3) is 0.0357. The molecule has 0 aliphatic heterocycles. The second-order valence-corrected chi connectivity index (χ2v) is 11.7. The lowest BCUT2D eigenvalue weighted by Gasteiger charge is -2.25. The highest BCUT2D eigenvalue weighted by molar-refractivity contribution is 14.0. The molecule has 5 aromatic rings. The summed E-state index contributed by atoms with van der Waals surface area (Å²) in [6.07, 6.45) is 5.21. The maximum Gasteiger partial charge on any atom is 0.251 e. The topological polar surface area (TPSA) is 39.2 Å². The first kappa shape index (κ1) is 24.5. The summed E-state index contributed by atoms with van der Waals surface area (Å²) in [7, 11) is -2.35. The van der Waals surface area contributed by atoms with Crippen molar-refractivity contribution in [2.75, 3.05) is 5.75 Å². The highest BCUT2D eigenvalue weighted by Gasteiger charge is 2.52. The molecule has 0 bridgehead atoms. The fourth-order valence-electron chi connectivity index (χ4n) is 4.02. The minimum Gasteiger partial charge on any atom is -0.472 e. The van der Waals surface area contributed by atoms with Crippen LogP contribution in [0.4, 0.5) is 0 Å². The van der Waals surface area contributed by atoms with Crippen LogP contribution in [0.5, 0.6) is 0 Å². The lowest BCUT2D eigenvalue weighted by atomic mass is 10.3. The minimum atomic E-state index is -2.35. The Morgan fingerprint density at radius 2 is 1.32 bits per heavy atom. The Kier molecular flexibility index (Phi) is 8.09. The summed E-state index contributed by atoms with van der Waals surface area (Å²) in [5, 5.41) is 4.51. The predicted octanol–water partition coefficient (Wildman–Crippen LogP) is 6.45. The number of oxazole rings is 1. The van der Waals surface area contributed by atoms with E-state index in [-0.39, 0.29) is 24.0 Å². The number of benzene rings is 3. The van der Waals surface area contributed by atoms with Crippen LogP contribution in [0, 0.1) is 0 Å². The van der Waals surface area contributed by atoms with Gasteiger partial charge in [0, 0.05) is 5.75 Å². The lowest BCUT2D eigenvalue weighted by Crippen LogP contribution is -2.40. The van der Waals surface area contributed by atoms with Gasteiger partial charge in [0.25, 0.3) is 5.44 Å². The zero-order valence-electron chi connectivity index (χ0n) is 18.4. The highest BCUT2D eigenvalue weighted by Crippen LogP contribution is 2.56. The molecule has 0 radical (unpaired) electrons. The Morgan fingerprint density at radius 3 is 1.76 bits per heavy atom. The number of aromatic nitrogens is 1. The van der Waals surface area contributed by atoms with Gasteiger partial charge in [-0.1, -0.05) is 72.4 Å². The zero-order chi connectivity index (χ0) is 22.5. The molecule has 0 N–H and O–H groups in total. The number of nitrogens with zero attached hydrogens (tertiary/aromatic N) is 1. The Balaban J connectivity index is 0.00000274. The molecular weight excluding hydrogens is 572 g/mol. The van der Waals surface area contributed by atoms with Crippen LogP contribution >= 0.6 is 43.0 Å². The van der Waals surface area contributed by atoms with Crippen LogP contribution in [-0.2, 0) is 0 Å². The molecule has 3 nitrogen and oxygen atoms in total. The molecule has 0 unspecified atom stereocenters. The first-order chi connectivity index (χ1) is 16.3. The van der Waals surface area contributed by atoms with Gasteiger partial charge in [-0.15, -0.1) is 30.6 Å². The van der Waals surface area contributed by atoms with Gasteiger partial charge in [-0.25, -0.2) is 0 Å². The summed E-state index contributed by atoms with van der Waals surface area (Å²) >= 11 is 1.63. The van der Waals surface area contributed by atoms with Crippen LogP contribution in [0.3, 0.4) is 0 Å². The Labute approximate surface area is 221 Å². The van der Waals surface area contributed by atoms with E-state index in [9.17, 15) is 0 Å². The van der Waals surface area contributed by atoms with E-state index in [4.69, 9.17) is 13.8 Å². The van der Waals surface area contributed by atoms with Gasteiger partial charge in [-0.3, -0.25) is 0 Å². The van der Waals surface area contributed by atoms with E-state index >= 15 is 0 Å². The first-order valence-electron chi connectivity index (χ1n) is 10.7. The van der Waals surface area contributed by atoms with Gasteiger partial charge in [0.05, 0.1) is 11.8 Å². The van der Waals surface area contributed by atoms with E-state index in [2.05, 4.69) is 97.6 Å². The highest BCUT2D eigenvalue weighted by atomic mass is 127. The summed E-state index contributed by atoms with van der Waals surface area (Å²) in [5.74, 6) is 1.29. The average molecular weight is 596 g/mol. The van der Waals surface area contributed by atoms with Gasteiger partial charge < -0.3 is 8.83 Å². The molecule has 34 heavy (non-hydrogen) atoms. The second kappa shape index (κ2) is 11.2. The molecular formula is C28H24INO2PS+. The number of halogens is 1. The van der Waals surface area contributed by atoms with Gasteiger partial charge in [-0.2, -0.15) is 4.98 Å². The molecule has 0 saturated carbocycles. The summed E-state index contributed by atoms with van der Waals surface area (Å²) in [6.45, 7) is 3.91. The van der Waals surface area contributed by atoms with Crippen molar-refractivity contribution in [3.63, 3.8) is 0 Å². The molecule has 0 spiro atoms. The third-order valence-electron chi connectivity index (χ3n) is 5.43. The van der Waals surface area contributed by atoms with Crippen molar-refractivity contribution in [2.45, 2.75) is 5.09 Å². The van der Waals surface area contributed by atoms with Gasteiger partial charge in [0.15, 0.2) is 7.26 Å². The van der Waals surface area contributed by atoms with E-state index in [0.29, 0.717) is 5.89 Å². The molecule has 0 atom stereocenters. The van der Waals surface area contributed by atoms with Gasteiger partial charge in [0.1, 0.15) is 22.2 Å². The molecule has 0 saturated heterocycles. The molecule has 0 amide bonds. The standard InChI is InChI=1S/C28H23NO2PS.HI/c1-2-20-33-28-27(29-26(31-28)22-18-19-30-21-22)32(23-12-6-3-7-13-23,24-14-8-4-9-15-24)25-16-10-5-11-17-25;/h2-19,21H,1,20H2;1H/q+1;. The molecule has 5 rings (SSSR count). The minimum absolute atomic E-state index is 0. The maximum absolute atomic E-state index is 6.40. The lowest BCUT2D eigenvalue weighted by molar-refractivity contribution is 0.486. The zero-order valence-corrected chi connectivity index (χ0v) is 22.5. The second-order valence-electron chi connectivity index (χ2n) is 7.42. The van der Waals surface area contributed by atoms with E-state index in [1.165, 1.54) is 15.9 Å². The molecule has 0 fully saturated rings. The van der Waals surface area contributed by atoms with Crippen molar-refractivity contribution in [3.8, 4) is 11.5 Å². The summed E-state index contributed by atoms with van der Waals surface area (Å²) in [6, 6.07) is 33.9. The largest absolute Gasteiger partial charge is 0.472 e. The summed E-state index contributed by atoms with van der Waals surface area (Å²) in [5.41, 5.74) is 1.79. The Hall–Kier alpha value is -2.60. The maximum atomic E-state index is 6.40. The summed E-state index contributed by atoms with van der Waals surface area (Å²) in [4.78, 5) is 5.17. The quantitative estimate of drug-likeness (QED) is 0.0894. The number of hydrogen-bond acceptors (Lipinski definition) is 4. The first-order valence-corrected chi connectivity index (χ1v) is 13.4. The molecule has 2 heterocycles. The Bertz CT molecular complexity index is 1230. The Morgan fingerprint density at radius 1 is 0.794 bits per heavy atom. The van der Waals surface area contributed by atoms with Crippen molar-refractivity contribution < 1.29 is 8.83 Å². The van der Waals surface area contributed by atoms with Crippen LogP contribution in [-0.4, -0.2) is 10.7 Å². The van der Waals surface area contributed by atoms with Gasteiger partial charge in [0.2, 0.25) is 11.0 Å². The molecule has 0 aliphatic carbocycles. The number of rotatable bonds is 8. The monoisotopic (exact) mass is 596 g/mol. The van der Waals surface area contributed by atoms with Crippen molar-refractivity contribution in [2.24, 2.45) is 0 Å². The van der Waals surface area contributed by atoms with Gasteiger partial charge in [-0.05, 0) is 42.5 Å². The van der Waals surface area contributed by atoms with Crippen molar-refractivity contribution in [1.29, 1.82) is 0 Å². The molecule has 0 aliphatic rings. The molecule has 3 aromatic carbocycles. The van der Waals surface area contributed by atoms with Crippen molar-refractivity contribution in [1.82, 2.24) is 4.98 Å².